The summed E-state index contributed by atoms with van der Waals surface area (Å²) in [5.74, 6) is -0.902. The van der Waals surface area contributed by atoms with Gasteiger partial charge in [0, 0.05) is 13.1 Å². The summed E-state index contributed by atoms with van der Waals surface area (Å²) >= 11 is 0. The summed E-state index contributed by atoms with van der Waals surface area (Å²) in [5, 5.41) is 8.63. The van der Waals surface area contributed by atoms with Crippen LogP contribution in [-0.4, -0.2) is 35.0 Å². The van der Waals surface area contributed by atoms with Crippen LogP contribution in [0.3, 0.4) is 0 Å². The number of carbonyl (C=O) groups excluding carboxylic acids is 1. The van der Waals surface area contributed by atoms with E-state index in [0.29, 0.717) is 13.0 Å². The van der Waals surface area contributed by atoms with Crippen molar-refractivity contribution in [3.05, 3.63) is 35.4 Å². The van der Waals surface area contributed by atoms with Crippen molar-refractivity contribution in [3.63, 3.8) is 0 Å². The molecule has 0 saturated heterocycles. The Morgan fingerprint density at radius 1 is 1.33 bits per heavy atom. The minimum absolute atomic E-state index is 0.00655. The zero-order valence-corrected chi connectivity index (χ0v) is 10.8. The van der Waals surface area contributed by atoms with Gasteiger partial charge in [-0.05, 0) is 19.4 Å². The molecule has 0 spiro atoms. The molecule has 1 rings (SSSR count). The van der Waals surface area contributed by atoms with Crippen molar-refractivity contribution >= 4 is 11.9 Å². The molecule has 0 aliphatic carbocycles. The van der Waals surface area contributed by atoms with Gasteiger partial charge in [-0.15, -0.1) is 0 Å². The van der Waals surface area contributed by atoms with E-state index in [1.807, 2.05) is 38.1 Å². The van der Waals surface area contributed by atoms with Crippen molar-refractivity contribution in [2.75, 3.05) is 13.1 Å². The fourth-order valence-electron chi connectivity index (χ4n) is 1.80. The van der Waals surface area contributed by atoms with Crippen molar-refractivity contribution < 1.29 is 14.7 Å². The SMILES string of the molecule is CCN(CCC(=O)O)C(=O)Cc1cccc(C)c1. The predicted molar refractivity (Wildman–Crippen MR) is 69.4 cm³/mol. The highest BCUT2D eigenvalue weighted by molar-refractivity contribution is 5.79. The van der Waals surface area contributed by atoms with Gasteiger partial charge in [0.15, 0.2) is 0 Å². The van der Waals surface area contributed by atoms with E-state index in [0.717, 1.165) is 11.1 Å². The third-order valence-electron chi connectivity index (χ3n) is 2.77. The van der Waals surface area contributed by atoms with Gasteiger partial charge >= 0.3 is 5.97 Å². The number of aliphatic carboxylic acids is 1. The number of likely N-dealkylation sites (N-methyl/N-ethyl adjacent to an activating group) is 1. The molecular formula is C14H19NO3. The molecule has 18 heavy (non-hydrogen) atoms. The molecule has 0 aliphatic heterocycles. The molecular weight excluding hydrogens is 230 g/mol. The van der Waals surface area contributed by atoms with Crippen LogP contribution in [0, 0.1) is 6.92 Å². The quantitative estimate of drug-likeness (QED) is 0.837. The minimum Gasteiger partial charge on any atom is -0.481 e. The maximum atomic E-state index is 12.0. The number of hydrogen-bond donors (Lipinski definition) is 1. The molecule has 1 N–H and O–H groups in total. The average molecular weight is 249 g/mol. The van der Waals surface area contributed by atoms with Gasteiger partial charge in [0.05, 0.1) is 12.8 Å². The van der Waals surface area contributed by atoms with Crippen LogP contribution < -0.4 is 0 Å². The number of benzene rings is 1. The molecule has 1 aromatic rings. The van der Waals surface area contributed by atoms with Gasteiger partial charge in [-0.25, -0.2) is 0 Å². The number of carboxylic acids is 1. The number of nitrogens with zero attached hydrogens (tertiary/aromatic N) is 1. The lowest BCUT2D eigenvalue weighted by Gasteiger charge is -2.20. The smallest absolute Gasteiger partial charge is 0.305 e. The highest BCUT2D eigenvalue weighted by Gasteiger charge is 2.13. The number of amides is 1. The second-order valence-corrected chi connectivity index (χ2v) is 4.28. The Balaban J connectivity index is 2.59. The highest BCUT2D eigenvalue weighted by atomic mass is 16.4. The average Bonchev–Trinajstić information content (AvgIpc) is 2.29. The molecule has 0 aliphatic rings. The molecule has 1 amide bonds. The molecule has 0 unspecified atom stereocenters. The van der Waals surface area contributed by atoms with Gasteiger partial charge in [0.25, 0.3) is 0 Å². The van der Waals surface area contributed by atoms with Crippen LogP contribution in [0.15, 0.2) is 24.3 Å². The van der Waals surface area contributed by atoms with E-state index in [9.17, 15) is 9.59 Å². The molecule has 0 aromatic heterocycles. The fourth-order valence-corrected chi connectivity index (χ4v) is 1.80. The van der Waals surface area contributed by atoms with E-state index >= 15 is 0 Å². The maximum absolute atomic E-state index is 12.0. The van der Waals surface area contributed by atoms with Crippen LogP contribution >= 0.6 is 0 Å². The second-order valence-electron chi connectivity index (χ2n) is 4.28. The Kier molecular flexibility index (Phi) is 5.36. The van der Waals surface area contributed by atoms with Gasteiger partial charge in [-0.3, -0.25) is 9.59 Å². The lowest BCUT2D eigenvalue weighted by Crippen LogP contribution is -2.34. The fraction of sp³-hybridized carbons (Fsp3) is 0.429. The van der Waals surface area contributed by atoms with Crippen molar-refractivity contribution in [2.24, 2.45) is 0 Å². The standard InChI is InChI=1S/C14H19NO3/c1-3-15(8-7-14(17)18)13(16)10-12-6-4-5-11(2)9-12/h4-6,9H,3,7-8,10H2,1-2H3,(H,17,18). The largest absolute Gasteiger partial charge is 0.481 e. The number of carboxylic acid groups (broad SMARTS) is 1. The number of hydrogen-bond acceptors (Lipinski definition) is 2. The summed E-state index contributed by atoms with van der Waals surface area (Å²) in [5.41, 5.74) is 2.09. The van der Waals surface area contributed by atoms with Crippen molar-refractivity contribution in [1.29, 1.82) is 0 Å². The lowest BCUT2D eigenvalue weighted by atomic mass is 10.1. The normalized spacial score (nSPS) is 10.1. The first-order valence-corrected chi connectivity index (χ1v) is 6.08. The molecule has 4 heteroatoms. The number of aryl methyl sites for hydroxylation is 1. The molecule has 1 aromatic carbocycles. The molecule has 0 atom stereocenters. The van der Waals surface area contributed by atoms with Crippen LogP contribution in [0.4, 0.5) is 0 Å². The Labute approximate surface area is 107 Å². The second kappa shape index (κ2) is 6.79. The van der Waals surface area contributed by atoms with Gasteiger partial charge in [0.1, 0.15) is 0 Å². The summed E-state index contributed by atoms with van der Waals surface area (Å²) in [6, 6.07) is 7.79. The first-order chi connectivity index (χ1) is 8.52. The zero-order chi connectivity index (χ0) is 13.5. The Morgan fingerprint density at radius 3 is 2.61 bits per heavy atom. The van der Waals surface area contributed by atoms with Gasteiger partial charge in [0.2, 0.25) is 5.91 Å². The summed E-state index contributed by atoms with van der Waals surface area (Å²) in [7, 11) is 0. The van der Waals surface area contributed by atoms with Crippen molar-refractivity contribution in [2.45, 2.75) is 26.7 Å². The van der Waals surface area contributed by atoms with Crippen molar-refractivity contribution in [1.82, 2.24) is 4.90 Å². The van der Waals surface area contributed by atoms with Gasteiger partial charge in [-0.2, -0.15) is 0 Å². The Bertz CT molecular complexity index is 429. The van der Waals surface area contributed by atoms with Crippen LogP contribution in [0.25, 0.3) is 0 Å². The molecule has 0 radical (unpaired) electrons. The first kappa shape index (κ1) is 14.2. The molecule has 0 fully saturated rings. The minimum atomic E-state index is -0.878. The maximum Gasteiger partial charge on any atom is 0.305 e. The number of rotatable bonds is 6. The van der Waals surface area contributed by atoms with E-state index in [-0.39, 0.29) is 18.9 Å². The predicted octanol–water partition coefficient (Wildman–Crippen LogP) is 1.86. The van der Waals surface area contributed by atoms with E-state index in [1.165, 1.54) is 0 Å². The first-order valence-electron chi connectivity index (χ1n) is 6.08. The Hall–Kier alpha value is -1.84. The summed E-state index contributed by atoms with van der Waals surface area (Å²) in [4.78, 5) is 24.1. The molecule has 98 valence electrons. The third-order valence-corrected chi connectivity index (χ3v) is 2.77. The van der Waals surface area contributed by atoms with Gasteiger partial charge in [-0.1, -0.05) is 29.8 Å². The van der Waals surface area contributed by atoms with Crippen molar-refractivity contribution in [3.8, 4) is 0 Å². The molecule has 0 heterocycles. The molecule has 0 saturated carbocycles. The topological polar surface area (TPSA) is 57.6 Å². The Morgan fingerprint density at radius 2 is 2.06 bits per heavy atom. The number of carbonyl (C=O) groups is 2. The summed E-state index contributed by atoms with van der Waals surface area (Å²) in [6.45, 7) is 4.65. The summed E-state index contributed by atoms with van der Waals surface area (Å²) < 4.78 is 0. The molecule has 4 nitrogen and oxygen atoms in total. The van der Waals surface area contributed by atoms with E-state index in [2.05, 4.69) is 0 Å². The molecule has 0 bridgehead atoms. The van der Waals surface area contributed by atoms with E-state index in [4.69, 9.17) is 5.11 Å². The van der Waals surface area contributed by atoms with Crippen LogP contribution in [-0.2, 0) is 16.0 Å². The van der Waals surface area contributed by atoms with Crippen LogP contribution in [0.5, 0.6) is 0 Å². The zero-order valence-electron chi connectivity index (χ0n) is 10.8. The van der Waals surface area contributed by atoms with E-state index in [1.54, 1.807) is 4.90 Å². The lowest BCUT2D eigenvalue weighted by molar-refractivity contribution is -0.138. The summed E-state index contributed by atoms with van der Waals surface area (Å²) in [6.07, 6.45) is 0.322. The van der Waals surface area contributed by atoms with E-state index < -0.39 is 5.97 Å². The van der Waals surface area contributed by atoms with Crippen LogP contribution in [0.2, 0.25) is 0 Å². The third kappa shape index (κ3) is 4.57. The highest BCUT2D eigenvalue weighted by Crippen LogP contribution is 2.07. The van der Waals surface area contributed by atoms with Crippen LogP contribution in [0.1, 0.15) is 24.5 Å². The monoisotopic (exact) mass is 249 g/mol. The van der Waals surface area contributed by atoms with Gasteiger partial charge < -0.3 is 10.0 Å².